The van der Waals surface area contributed by atoms with Crippen LogP contribution in [0, 0.1) is 5.92 Å². The van der Waals surface area contributed by atoms with Crippen molar-refractivity contribution in [3.8, 4) is 0 Å². The zero-order valence-corrected chi connectivity index (χ0v) is 10.3. The molecule has 0 amide bonds. The van der Waals surface area contributed by atoms with E-state index in [4.69, 9.17) is 11.6 Å². The molecular weight excluding hydrogens is 256 g/mol. The van der Waals surface area contributed by atoms with Crippen molar-refractivity contribution < 1.29 is 8.42 Å². The number of nitrogens with zero attached hydrogens (tertiary/aromatic N) is 1. The van der Waals surface area contributed by atoms with Gasteiger partial charge in [0.2, 0.25) is 0 Å². The highest BCUT2D eigenvalue weighted by Crippen LogP contribution is 2.22. The van der Waals surface area contributed by atoms with Crippen molar-refractivity contribution in [2.45, 2.75) is 6.42 Å². The molecule has 1 atom stereocenters. The molecule has 7 heteroatoms. The van der Waals surface area contributed by atoms with Crippen LogP contribution in [0.1, 0.15) is 6.42 Å². The molecule has 0 bridgehead atoms. The number of thiazole rings is 1. The predicted molar refractivity (Wildman–Crippen MR) is 62.4 cm³/mol. The molecule has 0 spiro atoms. The van der Waals surface area contributed by atoms with Crippen LogP contribution in [0.4, 0.5) is 5.13 Å². The molecule has 1 aliphatic rings. The van der Waals surface area contributed by atoms with Gasteiger partial charge in [-0.1, -0.05) is 11.6 Å². The first-order valence-electron chi connectivity index (χ1n) is 4.60. The van der Waals surface area contributed by atoms with E-state index in [1.54, 1.807) is 5.38 Å². The van der Waals surface area contributed by atoms with E-state index in [1.165, 1.54) is 11.3 Å². The number of aromatic nitrogens is 1. The van der Waals surface area contributed by atoms with Crippen molar-refractivity contribution in [3.05, 3.63) is 10.5 Å². The normalized spacial score (nSPS) is 24.2. The Morgan fingerprint density at radius 2 is 2.47 bits per heavy atom. The van der Waals surface area contributed by atoms with E-state index < -0.39 is 9.84 Å². The van der Waals surface area contributed by atoms with Gasteiger partial charge in [0.25, 0.3) is 0 Å². The van der Waals surface area contributed by atoms with Crippen molar-refractivity contribution in [2.24, 2.45) is 5.92 Å². The van der Waals surface area contributed by atoms with Gasteiger partial charge in [0.15, 0.2) is 15.0 Å². The molecule has 1 unspecified atom stereocenters. The van der Waals surface area contributed by atoms with Gasteiger partial charge in [-0.05, 0) is 12.3 Å². The minimum Gasteiger partial charge on any atom is -0.361 e. The summed E-state index contributed by atoms with van der Waals surface area (Å²) < 4.78 is 22.4. The van der Waals surface area contributed by atoms with Gasteiger partial charge in [-0.15, -0.1) is 11.3 Å². The topological polar surface area (TPSA) is 59.1 Å². The van der Waals surface area contributed by atoms with Gasteiger partial charge in [0.05, 0.1) is 11.5 Å². The summed E-state index contributed by atoms with van der Waals surface area (Å²) in [6.07, 6.45) is 0.744. The first-order chi connectivity index (χ1) is 7.05. The molecule has 1 aromatic rings. The predicted octanol–water partition coefficient (Wildman–Crippen LogP) is 1.64. The van der Waals surface area contributed by atoms with Gasteiger partial charge in [-0.25, -0.2) is 13.4 Å². The third kappa shape index (κ3) is 3.06. The van der Waals surface area contributed by atoms with Gasteiger partial charge in [-0.3, -0.25) is 0 Å². The van der Waals surface area contributed by atoms with Crippen LogP contribution in [0.25, 0.3) is 0 Å². The SMILES string of the molecule is O=S1(=O)CCC(CNc2nc(Cl)cs2)C1. The average molecular weight is 267 g/mol. The molecule has 1 saturated heterocycles. The Hall–Kier alpha value is -0.330. The lowest BCUT2D eigenvalue weighted by molar-refractivity contribution is 0.596. The van der Waals surface area contributed by atoms with Gasteiger partial charge in [0.1, 0.15) is 5.15 Å². The molecule has 2 heterocycles. The average Bonchev–Trinajstić information content (AvgIpc) is 2.69. The molecule has 1 aromatic heterocycles. The maximum Gasteiger partial charge on any atom is 0.184 e. The van der Waals surface area contributed by atoms with Crippen LogP contribution >= 0.6 is 22.9 Å². The standard InChI is InChI=1S/C8H11ClN2O2S2/c9-7-4-14-8(11-7)10-3-6-1-2-15(12,13)5-6/h4,6H,1-3,5H2,(H,10,11). The number of hydrogen-bond acceptors (Lipinski definition) is 5. The van der Waals surface area contributed by atoms with Gasteiger partial charge in [0, 0.05) is 11.9 Å². The Kier molecular flexibility index (Phi) is 3.18. The van der Waals surface area contributed by atoms with E-state index in [2.05, 4.69) is 10.3 Å². The lowest BCUT2D eigenvalue weighted by atomic mass is 10.1. The van der Waals surface area contributed by atoms with Crippen molar-refractivity contribution >= 4 is 37.9 Å². The van der Waals surface area contributed by atoms with Crippen LogP contribution in [0.2, 0.25) is 5.15 Å². The Bertz CT molecular complexity index is 443. The molecule has 0 aliphatic carbocycles. The molecule has 0 radical (unpaired) electrons. The summed E-state index contributed by atoms with van der Waals surface area (Å²) in [4.78, 5) is 4.03. The third-order valence-corrected chi connectivity index (χ3v) is 5.30. The first-order valence-corrected chi connectivity index (χ1v) is 7.68. The lowest BCUT2D eigenvalue weighted by Gasteiger charge is -2.07. The fraction of sp³-hybridized carbons (Fsp3) is 0.625. The molecule has 0 aromatic carbocycles. The molecule has 0 saturated carbocycles. The van der Waals surface area contributed by atoms with Gasteiger partial charge >= 0.3 is 0 Å². The Morgan fingerprint density at radius 3 is 3.00 bits per heavy atom. The second-order valence-corrected chi connectivity index (χ2v) is 7.10. The highest BCUT2D eigenvalue weighted by atomic mass is 35.5. The molecule has 2 rings (SSSR count). The van der Waals surface area contributed by atoms with E-state index >= 15 is 0 Å². The molecule has 1 fully saturated rings. The number of sulfone groups is 1. The van der Waals surface area contributed by atoms with Crippen molar-refractivity contribution in [3.63, 3.8) is 0 Å². The zero-order valence-electron chi connectivity index (χ0n) is 7.94. The smallest absolute Gasteiger partial charge is 0.184 e. The summed E-state index contributed by atoms with van der Waals surface area (Å²) in [7, 11) is -2.78. The number of nitrogens with one attached hydrogen (secondary N) is 1. The van der Waals surface area contributed by atoms with E-state index in [9.17, 15) is 8.42 Å². The van der Waals surface area contributed by atoms with E-state index in [-0.39, 0.29) is 5.92 Å². The Balaban J connectivity index is 1.85. The van der Waals surface area contributed by atoms with Crippen molar-refractivity contribution in [1.82, 2.24) is 4.98 Å². The monoisotopic (exact) mass is 266 g/mol. The largest absolute Gasteiger partial charge is 0.361 e. The molecule has 1 N–H and O–H groups in total. The van der Waals surface area contributed by atoms with Crippen LogP contribution in [0.5, 0.6) is 0 Å². The highest BCUT2D eigenvalue weighted by Gasteiger charge is 2.27. The summed E-state index contributed by atoms with van der Waals surface area (Å²) in [5.74, 6) is 0.814. The van der Waals surface area contributed by atoms with Crippen molar-refractivity contribution in [1.29, 1.82) is 0 Å². The fourth-order valence-electron chi connectivity index (χ4n) is 1.60. The number of anilines is 1. The zero-order chi connectivity index (χ0) is 10.9. The van der Waals surface area contributed by atoms with Crippen LogP contribution in [0.15, 0.2) is 5.38 Å². The Morgan fingerprint density at radius 1 is 1.67 bits per heavy atom. The summed E-state index contributed by atoms with van der Waals surface area (Å²) in [5, 5.41) is 6.08. The fourth-order valence-corrected chi connectivity index (χ4v) is 4.31. The summed E-state index contributed by atoms with van der Waals surface area (Å²) >= 11 is 7.09. The number of rotatable bonds is 3. The van der Waals surface area contributed by atoms with Crippen LogP contribution in [0.3, 0.4) is 0 Å². The number of hydrogen-bond donors (Lipinski definition) is 1. The van der Waals surface area contributed by atoms with Crippen LogP contribution < -0.4 is 5.32 Å². The molecule has 1 aliphatic heterocycles. The molecular formula is C8H11ClN2O2S2. The quantitative estimate of drug-likeness (QED) is 0.904. The minimum atomic E-state index is -2.78. The van der Waals surface area contributed by atoms with Gasteiger partial charge < -0.3 is 5.32 Å². The van der Waals surface area contributed by atoms with E-state index in [1.807, 2.05) is 0 Å². The Labute approximate surface area is 97.6 Å². The van der Waals surface area contributed by atoms with Gasteiger partial charge in [-0.2, -0.15) is 0 Å². The first kappa shape index (κ1) is 11.2. The minimum absolute atomic E-state index is 0.206. The van der Waals surface area contributed by atoms with E-state index in [0.29, 0.717) is 23.2 Å². The summed E-state index contributed by atoms with van der Waals surface area (Å²) in [6, 6.07) is 0. The van der Waals surface area contributed by atoms with E-state index in [0.717, 1.165) is 11.6 Å². The maximum atomic E-state index is 11.2. The number of halogens is 1. The second kappa shape index (κ2) is 4.27. The maximum absolute atomic E-state index is 11.2. The molecule has 15 heavy (non-hydrogen) atoms. The highest BCUT2D eigenvalue weighted by molar-refractivity contribution is 7.91. The van der Waals surface area contributed by atoms with Crippen LogP contribution in [-0.2, 0) is 9.84 Å². The summed E-state index contributed by atoms with van der Waals surface area (Å²) in [5.41, 5.74) is 0. The lowest BCUT2D eigenvalue weighted by Crippen LogP contribution is -2.15. The third-order valence-electron chi connectivity index (χ3n) is 2.34. The van der Waals surface area contributed by atoms with Crippen LogP contribution in [-0.4, -0.2) is 31.5 Å². The summed E-state index contributed by atoms with van der Waals surface area (Å²) in [6.45, 7) is 0.656. The molecule has 4 nitrogen and oxygen atoms in total. The molecule has 84 valence electrons. The second-order valence-electron chi connectivity index (χ2n) is 3.63. The van der Waals surface area contributed by atoms with Crippen molar-refractivity contribution in [2.75, 3.05) is 23.4 Å².